The van der Waals surface area contributed by atoms with Crippen LogP contribution in [-0.4, -0.2) is 113 Å². The molecule has 0 saturated carbocycles. The summed E-state index contributed by atoms with van der Waals surface area (Å²) >= 11 is 0. The molecule has 3 heterocycles. The van der Waals surface area contributed by atoms with E-state index in [1.807, 2.05) is 0 Å². The Balaban J connectivity index is 1.70. The van der Waals surface area contributed by atoms with Crippen LogP contribution in [0.15, 0.2) is 24.3 Å². The van der Waals surface area contributed by atoms with Crippen molar-refractivity contribution in [2.24, 2.45) is 0 Å². The zero-order valence-electron chi connectivity index (χ0n) is 20.8. The number of fused-ring (bicyclic) bond motifs is 1. The van der Waals surface area contributed by atoms with Gasteiger partial charge in [0.1, 0.15) is 89.6 Å². The molecule has 40 heavy (non-hydrogen) atoms. The van der Waals surface area contributed by atoms with Gasteiger partial charge >= 0.3 is 0 Å². The van der Waals surface area contributed by atoms with Gasteiger partial charge in [0.05, 0.1) is 30.8 Å². The van der Waals surface area contributed by atoms with Crippen molar-refractivity contribution in [2.75, 3.05) is 13.2 Å². The Kier molecular flexibility index (Phi) is 7.64. The van der Waals surface area contributed by atoms with Crippen LogP contribution >= 0.6 is 0 Å². The van der Waals surface area contributed by atoms with Crippen LogP contribution in [0.5, 0.6) is 23.0 Å². The second-order valence-corrected chi connectivity index (χ2v) is 10.1. The lowest BCUT2D eigenvalue weighted by Crippen LogP contribution is -2.55. The van der Waals surface area contributed by atoms with Gasteiger partial charge < -0.3 is 65.3 Å². The third kappa shape index (κ3) is 4.56. The molecule has 0 radical (unpaired) electrons. The van der Waals surface area contributed by atoms with Crippen LogP contribution in [-0.2, 0) is 9.47 Å². The van der Waals surface area contributed by atoms with Crippen LogP contribution in [0.3, 0.4) is 0 Å². The summed E-state index contributed by atoms with van der Waals surface area (Å²) in [6.45, 7) is -1.31. The first-order chi connectivity index (χ1) is 19.0. The number of ketones is 1. The highest BCUT2D eigenvalue weighted by molar-refractivity contribution is 6.04. The molecule has 0 aliphatic carbocycles. The zero-order valence-corrected chi connectivity index (χ0v) is 20.8. The van der Waals surface area contributed by atoms with Gasteiger partial charge in [-0.25, -0.2) is 0 Å². The molecule has 0 amide bonds. The van der Waals surface area contributed by atoms with Crippen molar-refractivity contribution in [1.29, 1.82) is 0 Å². The fourth-order valence-corrected chi connectivity index (χ4v) is 5.39. The van der Waals surface area contributed by atoms with Crippen LogP contribution in [0, 0.1) is 0 Å². The van der Waals surface area contributed by atoms with E-state index in [0.717, 1.165) is 0 Å². The molecule has 2 aromatic carbocycles. The molecule has 10 atom stereocenters. The number of phenols is 3. The Bertz CT molecular complexity index is 1260. The second-order valence-electron chi connectivity index (χ2n) is 10.1. The molecule has 14 nitrogen and oxygen atoms in total. The summed E-state index contributed by atoms with van der Waals surface area (Å²) in [7, 11) is 0. The fourth-order valence-electron chi connectivity index (χ4n) is 5.39. The number of carbonyl (C=O) groups excluding carboxylic acids is 1. The maximum atomic E-state index is 13.5. The Hall–Kier alpha value is -3.05. The zero-order chi connectivity index (χ0) is 29.0. The van der Waals surface area contributed by atoms with E-state index in [9.17, 15) is 55.9 Å². The van der Waals surface area contributed by atoms with E-state index < -0.39 is 114 Å². The highest BCUT2D eigenvalue weighted by atomic mass is 16.5. The smallest absolute Gasteiger partial charge is 0.174 e. The van der Waals surface area contributed by atoms with Crippen LogP contribution < -0.4 is 4.74 Å². The van der Waals surface area contributed by atoms with Gasteiger partial charge in [-0.15, -0.1) is 0 Å². The maximum absolute atomic E-state index is 13.5. The number of carbonyl (C=O) groups is 1. The summed E-state index contributed by atoms with van der Waals surface area (Å²) in [5.41, 5.74) is -1.08. The van der Waals surface area contributed by atoms with Gasteiger partial charge in [0.25, 0.3) is 0 Å². The summed E-state index contributed by atoms with van der Waals surface area (Å²) in [5, 5.41) is 104. The first-order valence-corrected chi connectivity index (χ1v) is 12.5. The van der Waals surface area contributed by atoms with Gasteiger partial charge in [-0.05, 0) is 17.7 Å². The lowest BCUT2D eigenvalue weighted by molar-refractivity contribution is -0.232. The molecule has 2 aromatic rings. The maximum Gasteiger partial charge on any atom is 0.174 e. The number of phenolic OH excluding ortho intramolecular Hbond substituents is 3. The summed E-state index contributed by atoms with van der Waals surface area (Å²) in [4.78, 5) is 13.5. The van der Waals surface area contributed by atoms with E-state index in [4.69, 9.17) is 14.2 Å². The van der Waals surface area contributed by atoms with Crippen LogP contribution in [0.4, 0.5) is 0 Å². The Morgan fingerprint density at radius 2 is 1.43 bits per heavy atom. The van der Waals surface area contributed by atoms with E-state index >= 15 is 0 Å². The fraction of sp³-hybridized carbons (Fsp3) is 0.500. The van der Waals surface area contributed by atoms with Crippen molar-refractivity contribution < 1.29 is 70.1 Å². The predicted octanol–water partition coefficient (Wildman–Crippen LogP) is -1.82. The average Bonchev–Trinajstić information content (AvgIpc) is 2.92. The quantitative estimate of drug-likeness (QED) is 0.196. The highest BCUT2D eigenvalue weighted by Gasteiger charge is 2.50. The minimum Gasteiger partial charge on any atom is -0.508 e. The van der Waals surface area contributed by atoms with E-state index in [1.165, 1.54) is 24.3 Å². The first kappa shape index (κ1) is 28.5. The average molecular weight is 567 g/mol. The van der Waals surface area contributed by atoms with E-state index in [-0.39, 0.29) is 12.2 Å². The monoisotopic (exact) mass is 566 g/mol. The highest BCUT2D eigenvalue weighted by Crippen LogP contribution is 2.55. The van der Waals surface area contributed by atoms with E-state index in [1.54, 1.807) is 0 Å². The number of ether oxygens (including phenoxy) is 3. The van der Waals surface area contributed by atoms with Gasteiger partial charge in [-0.3, -0.25) is 4.79 Å². The molecule has 218 valence electrons. The van der Waals surface area contributed by atoms with Crippen LogP contribution in [0.25, 0.3) is 0 Å². The molecule has 0 bridgehead atoms. The normalized spacial score (nSPS) is 36.1. The summed E-state index contributed by atoms with van der Waals surface area (Å²) in [6, 6.07) is 5.71. The van der Waals surface area contributed by atoms with E-state index in [2.05, 4.69) is 0 Å². The van der Waals surface area contributed by atoms with Crippen molar-refractivity contribution in [1.82, 2.24) is 0 Å². The van der Waals surface area contributed by atoms with E-state index in [0.29, 0.717) is 5.56 Å². The number of benzene rings is 2. The summed E-state index contributed by atoms with van der Waals surface area (Å²) in [6.07, 6.45) is -16.9. The Labute approximate surface area is 226 Å². The van der Waals surface area contributed by atoms with Gasteiger partial charge in [-0.2, -0.15) is 0 Å². The molecular weight excluding hydrogens is 536 g/mol. The molecule has 5 rings (SSSR count). The summed E-state index contributed by atoms with van der Waals surface area (Å²) in [5.74, 6) is -2.94. The summed E-state index contributed by atoms with van der Waals surface area (Å²) < 4.78 is 17.1. The first-order valence-electron chi connectivity index (χ1n) is 12.5. The molecule has 0 aromatic heterocycles. The third-order valence-corrected chi connectivity index (χ3v) is 7.61. The minimum atomic E-state index is -1.96. The number of rotatable bonds is 4. The SMILES string of the molecule is O=C1CC(c2ccc(O)cc2)Oc2c1c(O)c([C@@H]1O[C@H](CO)[C@@H](O)[C@H](O)[C@H]1O)c(O)c2[C@@H]1OC[C@@H](O)[C@H](O)[C@H]1O. The third-order valence-electron chi connectivity index (χ3n) is 7.61. The van der Waals surface area contributed by atoms with Crippen LogP contribution in [0.1, 0.15) is 51.8 Å². The number of aliphatic hydroxyl groups excluding tert-OH is 7. The van der Waals surface area contributed by atoms with Crippen LogP contribution in [0.2, 0.25) is 0 Å². The molecule has 2 saturated heterocycles. The van der Waals surface area contributed by atoms with Gasteiger partial charge in [0.15, 0.2) is 5.78 Å². The number of Topliss-reactive ketones (excluding diaryl/α,β-unsaturated/α-hetero) is 1. The standard InChI is InChI=1S/C26H30O14/c27-6-13-18(32)21(35)23(37)26(40-13)15-19(33)14-10(29)5-12(8-1-3-9(28)4-2-8)39-24(14)16(20(15)34)25-22(36)17(31)11(30)7-38-25/h1-4,11-13,17-18,21-23,25-28,30-37H,5-7H2/t11-,12?,13-,17+,18-,21+,22-,23-,25+,26+/m1/s1. The number of hydrogen-bond donors (Lipinski definition) is 10. The number of aromatic hydroxyl groups is 3. The molecule has 3 aliphatic rings. The van der Waals surface area contributed by atoms with Gasteiger partial charge in [0, 0.05) is 0 Å². The van der Waals surface area contributed by atoms with Crippen molar-refractivity contribution >= 4 is 5.78 Å². The minimum absolute atomic E-state index is 0.0438. The van der Waals surface area contributed by atoms with Crippen molar-refractivity contribution in [3.05, 3.63) is 46.5 Å². The largest absolute Gasteiger partial charge is 0.508 e. The Morgan fingerprint density at radius 3 is 2.08 bits per heavy atom. The predicted molar refractivity (Wildman–Crippen MR) is 130 cm³/mol. The topological polar surface area (TPSA) is 247 Å². The Morgan fingerprint density at radius 1 is 0.775 bits per heavy atom. The molecule has 0 spiro atoms. The lowest BCUT2D eigenvalue weighted by atomic mass is 9.83. The lowest BCUT2D eigenvalue weighted by Gasteiger charge is -2.42. The number of aliphatic hydroxyl groups is 7. The second kappa shape index (κ2) is 10.7. The van der Waals surface area contributed by atoms with Crippen molar-refractivity contribution in [3.8, 4) is 23.0 Å². The van der Waals surface area contributed by atoms with Gasteiger partial charge in [-0.1, -0.05) is 12.1 Å². The molecule has 14 heteroatoms. The van der Waals surface area contributed by atoms with Crippen molar-refractivity contribution in [2.45, 2.75) is 67.5 Å². The molecule has 3 aliphatic heterocycles. The molecule has 2 fully saturated rings. The molecule has 1 unspecified atom stereocenters. The van der Waals surface area contributed by atoms with Crippen molar-refractivity contribution in [3.63, 3.8) is 0 Å². The molecule has 10 N–H and O–H groups in total. The molecular formula is C26H30O14. The number of hydrogen-bond acceptors (Lipinski definition) is 14. The van der Waals surface area contributed by atoms with Gasteiger partial charge in [0.2, 0.25) is 0 Å².